The molecule has 442 valence electrons. The Labute approximate surface area is 557 Å². The summed E-state index contributed by atoms with van der Waals surface area (Å²) in [5.41, 5.74) is 38.7. The summed E-state index contributed by atoms with van der Waals surface area (Å²) < 4.78 is 2.54. The number of fused-ring (bicyclic) bond motifs is 28. The first-order valence-corrected chi connectivity index (χ1v) is 33.7. The summed E-state index contributed by atoms with van der Waals surface area (Å²) in [4.78, 5) is 5.36. The van der Waals surface area contributed by atoms with Crippen molar-refractivity contribution in [3.63, 3.8) is 0 Å². The van der Waals surface area contributed by atoms with E-state index in [1.807, 2.05) is 0 Å². The number of rotatable bonds is 5. The monoisotopic (exact) mass is 1210 g/mol. The predicted molar refractivity (Wildman–Crippen MR) is 398 cm³/mol. The van der Waals surface area contributed by atoms with Crippen molar-refractivity contribution in [1.29, 1.82) is 0 Å². The fourth-order valence-electron chi connectivity index (χ4n) is 19.1. The molecule has 1 aromatic heterocycles. The first-order valence-electron chi connectivity index (χ1n) is 33.7. The van der Waals surface area contributed by atoms with E-state index in [1.165, 1.54) is 161 Å². The third kappa shape index (κ3) is 6.53. The third-order valence-corrected chi connectivity index (χ3v) is 22.6. The van der Waals surface area contributed by atoms with Crippen LogP contribution in [-0.2, 0) is 10.8 Å². The number of anilines is 6. The van der Waals surface area contributed by atoms with Crippen molar-refractivity contribution in [1.82, 2.24) is 4.57 Å². The summed E-state index contributed by atoms with van der Waals surface area (Å²) in [6.45, 7) is -0.249. The Bertz CT molecular complexity index is 5910. The molecule has 0 atom stereocenters. The van der Waals surface area contributed by atoms with E-state index in [0.717, 1.165) is 28.4 Å². The van der Waals surface area contributed by atoms with Crippen LogP contribution < -0.4 is 26.2 Å². The Kier molecular flexibility index (Phi) is 10.5. The SMILES string of the molecule is c1ccc(-c2ccc(N3c4cc(-n5c6ccccc6c6ccccc65)cc5c4B(c4cc(-c6ccccc6)ccc4N5c4cccc5c4-c4ccccc4C54c5ccccc5-c5ccccc54)c4c3ccc3c4-c4ccccc4C34c3ccccc3-c3ccccc34)cc2)cc1. The summed E-state index contributed by atoms with van der Waals surface area (Å²) >= 11 is 0. The highest BCUT2D eigenvalue weighted by Gasteiger charge is 2.57. The summed E-state index contributed by atoms with van der Waals surface area (Å²) in [7, 11) is 0. The Morgan fingerprint density at radius 2 is 0.635 bits per heavy atom. The Balaban J connectivity index is 0.909. The van der Waals surface area contributed by atoms with Crippen LogP contribution in [0.4, 0.5) is 34.1 Å². The molecule has 0 fully saturated rings. The highest BCUT2D eigenvalue weighted by Crippen LogP contribution is 2.67. The molecule has 96 heavy (non-hydrogen) atoms. The zero-order valence-corrected chi connectivity index (χ0v) is 52.3. The normalized spacial score (nSPS) is 14.4. The van der Waals surface area contributed by atoms with E-state index in [1.54, 1.807) is 0 Å². The molecular weight excluding hydrogens is 1160 g/mol. The van der Waals surface area contributed by atoms with E-state index >= 15 is 0 Å². The molecule has 6 aliphatic rings. The zero-order valence-electron chi connectivity index (χ0n) is 52.3. The highest BCUT2D eigenvalue weighted by molar-refractivity contribution is 7.01. The summed E-state index contributed by atoms with van der Waals surface area (Å²) in [5, 5.41) is 2.45. The Morgan fingerprint density at radius 3 is 1.19 bits per heavy atom. The first-order chi connectivity index (χ1) is 47.7. The molecule has 0 amide bonds. The molecule has 0 radical (unpaired) electrons. The van der Waals surface area contributed by atoms with Crippen LogP contribution in [0.2, 0.25) is 0 Å². The van der Waals surface area contributed by atoms with Crippen molar-refractivity contribution in [3.05, 3.63) is 384 Å². The van der Waals surface area contributed by atoms with Crippen LogP contribution in [0.3, 0.4) is 0 Å². The maximum Gasteiger partial charge on any atom is 0.252 e. The van der Waals surface area contributed by atoms with Crippen LogP contribution in [-0.4, -0.2) is 11.3 Å². The van der Waals surface area contributed by atoms with E-state index in [-0.39, 0.29) is 6.71 Å². The van der Waals surface area contributed by atoms with Crippen molar-refractivity contribution >= 4 is 79.0 Å². The van der Waals surface area contributed by atoms with E-state index in [0.29, 0.717) is 0 Å². The average Bonchev–Trinajstić information content (AvgIpc) is 1.48. The second-order valence-corrected chi connectivity index (χ2v) is 26.8. The van der Waals surface area contributed by atoms with E-state index in [2.05, 4.69) is 354 Å². The summed E-state index contributed by atoms with van der Waals surface area (Å²) in [6, 6.07) is 130. The van der Waals surface area contributed by atoms with E-state index in [9.17, 15) is 0 Å². The van der Waals surface area contributed by atoms with Gasteiger partial charge in [-0.25, -0.2) is 0 Å². The van der Waals surface area contributed by atoms with E-state index < -0.39 is 10.8 Å². The topological polar surface area (TPSA) is 11.4 Å². The molecule has 2 spiro atoms. The van der Waals surface area contributed by atoms with Crippen LogP contribution in [0.5, 0.6) is 0 Å². The quantitative estimate of drug-likeness (QED) is 0.159. The zero-order chi connectivity index (χ0) is 62.5. The van der Waals surface area contributed by atoms with Crippen molar-refractivity contribution < 1.29 is 0 Å². The number of benzene rings is 15. The molecule has 0 N–H and O–H groups in total. The fraction of sp³-hybridized carbons (Fsp3) is 0.0217. The number of hydrogen-bond acceptors (Lipinski definition) is 2. The second-order valence-electron chi connectivity index (χ2n) is 26.8. The lowest BCUT2D eigenvalue weighted by Gasteiger charge is -2.46. The minimum atomic E-state index is -0.569. The fourth-order valence-corrected chi connectivity index (χ4v) is 19.1. The van der Waals surface area contributed by atoms with Crippen LogP contribution in [0.15, 0.2) is 340 Å². The highest BCUT2D eigenvalue weighted by atomic mass is 15.2. The van der Waals surface area contributed by atoms with Gasteiger partial charge in [-0.2, -0.15) is 0 Å². The van der Waals surface area contributed by atoms with Crippen LogP contribution in [0, 0.1) is 0 Å². The van der Waals surface area contributed by atoms with Gasteiger partial charge >= 0.3 is 0 Å². The van der Waals surface area contributed by atoms with Crippen LogP contribution >= 0.6 is 0 Å². The Morgan fingerprint density at radius 1 is 0.229 bits per heavy atom. The molecule has 15 aromatic carbocycles. The molecule has 4 aliphatic carbocycles. The number of hydrogen-bond donors (Lipinski definition) is 0. The predicted octanol–water partition coefficient (Wildman–Crippen LogP) is 20.9. The Hall–Kier alpha value is -12.2. The lowest BCUT2D eigenvalue weighted by molar-refractivity contribution is 0.794. The van der Waals surface area contributed by atoms with Gasteiger partial charge in [0.05, 0.1) is 33.2 Å². The molecule has 0 saturated carbocycles. The van der Waals surface area contributed by atoms with Gasteiger partial charge < -0.3 is 14.4 Å². The molecule has 0 unspecified atom stereocenters. The van der Waals surface area contributed by atoms with Crippen molar-refractivity contribution in [3.8, 4) is 72.4 Å². The van der Waals surface area contributed by atoms with Crippen molar-refractivity contribution in [2.45, 2.75) is 10.8 Å². The molecule has 3 heterocycles. The van der Waals surface area contributed by atoms with Gasteiger partial charge in [0, 0.05) is 44.8 Å². The largest absolute Gasteiger partial charge is 0.311 e. The number of para-hydroxylation sites is 2. The minimum absolute atomic E-state index is 0.249. The molecule has 4 heteroatoms. The van der Waals surface area contributed by atoms with Gasteiger partial charge in [0.15, 0.2) is 0 Å². The number of nitrogens with zero attached hydrogens (tertiary/aromatic N) is 3. The van der Waals surface area contributed by atoms with Gasteiger partial charge in [0.2, 0.25) is 0 Å². The van der Waals surface area contributed by atoms with Gasteiger partial charge in [-0.05, 0) is 177 Å². The van der Waals surface area contributed by atoms with E-state index in [4.69, 9.17) is 0 Å². The maximum atomic E-state index is 2.71. The van der Waals surface area contributed by atoms with Gasteiger partial charge in [-0.1, -0.05) is 285 Å². The van der Waals surface area contributed by atoms with Crippen LogP contribution in [0.1, 0.15) is 44.5 Å². The van der Waals surface area contributed by atoms with Crippen molar-refractivity contribution in [2.75, 3.05) is 9.80 Å². The summed E-state index contributed by atoms with van der Waals surface area (Å²) in [6.07, 6.45) is 0. The molecular formula is C92H56BN3. The average molecular weight is 1210 g/mol. The van der Waals surface area contributed by atoms with Crippen LogP contribution in [0.25, 0.3) is 94.3 Å². The molecule has 22 rings (SSSR count). The molecule has 0 saturated heterocycles. The van der Waals surface area contributed by atoms with Gasteiger partial charge in [0.1, 0.15) is 0 Å². The standard InChI is InChI=1S/C92H56BN3/c1-3-24-57(25-4-1)59-46-49-61(50-47-59)94-84-53-51-78-88(70-35-12-20-41-76(70)92(78)73-38-17-9-30-65(73)66-31-10-18-39-74(66)92)90(84)93-79-54-60(58-26-5-2-6-27-58)48-52-82(79)96(86-56-62(55-85(94)89(86)93)95-80-43-21-13-32-67(80)68-33-14-22-44-81(68)95)83-45-23-42-77-87(83)69-34-11-19-40-75(69)91(77)71-36-15-7-28-63(71)64-29-8-16-37-72(64)91/h1-56H. The van der Waals surface area contributed by atoms with Crippen molar-refractivity contribution in [2.24, 2.45) is 0 Å². The van der Waals surface area contributed by atoms with Gasteiger partial charge in [-0.3, -0.25) is 0 Å². The van der Waals surface area contributed by atoms with Gasteiger partial charge in [0.25, 0.3) is 6.71 Å². The lowest BCUT2D eigenvalue weighted by atomic mass is 9.32. The molecule has 3 nitrogen and oxygen atoms in total. The second kappa shape index (κ2) is 19.2. The molecule has 16 aromatic rings. The summed E-state index contributed by atoms with van der Waals surface area (Å²) in [5.74, 6) is 0. The lowest BCUT2D eigenvalue weighted by Crippen LogP contribution is -2.62. The number of aromatic nitrogens is 1. The minimum Gasteiger partial charge on any atom is -0.311 e. The first kappa shape index (κ1) is 52.3. The van der Waals surface area contributed by atoms with Gasteiger partial charge in [-0.15, -0.1) is 0 Å². The maximum absolute atomic E-state index is 2.71. The third-order valence-electron chi connectivity index (χ3n) is 22.6. The molecule has 2 aliphatic heterocycles. The molecule has 0 bridgehead atoms. The smallest absolute Gasteiger partial charge is 0.252 e.